The first kappa shape index (κ1) is 15.1. The van der Waals surface area contributed by atoms with Crippen LogP contribution in [-0.4, -0.2) is 19.8 Å². The Kier molecular flexibility index (Phi) is 3.97. The first-order valence-electron chi connectivity index (χ1n) is 5.79. The summed E-state index contributed by atoms with van der Waals surface area (Å²) in [6, 6.07) is 0.544. The van der Waals surface area contributed by atoms with Crippen molar-refractivity contribution in [2.24, 2.45) is 0 Å². The summed E-state index contributed by atoms with van der Waals surface area (Å²) in [6.07, 6.45) is -9.40. The minimum Gasteiger partial charge on any atom is -0.378 e. The molecule has 0 unspecified atom stereocenters. The zero-order valence-electron chi connectivity index (χ0n) is 10.1. The largest absolute Gasteiger partial charge is 0.416 e. The first-order valence-corrected chi connectivity index (χ1v) is 5.79. The van der Waals surface area contributed by atoms with Crippen molar-refractivity contribution in [2.75, 3.05) is 19.8 Å². The maximum absolute atomic E-state index is 12.9. The number of ether oxygens (including phenoxy) is 1. The highest BCUT2D eigenvalue weighted by Gasteiger charge is 2.38. The van der Waals surface area contributed by atoms with Gasteiger partial charge in [-0.05, 0) is 23.8 Å². The second kappa shape index (κ2) is 5.25. The molecule has 8 heteroatoms. The Bertz CT molecular complexity index is 476. The zero-order valence-corrected chi connectivity index (χ0v) is 10.1. The summed E-state index contributed by atoms with van der Waals surface area (Å²) in [5, 5.41) is 2.73. The Labute approximate surface area is 110 Å². The predicted octanol–water partition coefficient (Wildman–Crippen LogP) is 3.39. The highest BCUT2D eigenvalue weighted by Crippen LogP contribution is 2.38. The highest BCUT2D eigenvalue weighted by molar-refractivity contribution is 5.37. The van der Waals surface area contributed by atoms with Gasteiger partial charge in [0.05, 0.1) is 30.4 Å². The third kappa shape index (κ3) is 3.24. The number of benzene rings is 1. The van der Waals surface area contributed by atoms with E-state index in [2.05, 4.69) is 5.32 Å². The molecule has 1 atom stereocenters. The van der Waals surface area contributed by atoms with E-state index in [4.69, 9.17) is 4.74 Å². The third-order valence-electron chi connectivity index (χ3n) is 2.98. The van der Waals surface area contributed by atoms with E-state index in [1.54, 1.807) is 0 Å². The molecular weight excluding hydrogens is 288 g/mol. The zero-order chi connectivity index (χ0) is 15.0. The van der Waals surface area contributed by atoms with Gasteiger partial charge in [0.1, 0.15) is 0 Å². The second-order valence-corrected chi connectivity index (χ2v) is 4.38. The van der Waals surface area contributed by atoms with Gasteiger partial charge in [0.15, 0.2) is 0 Å². The Morgan fingerprint density at radius 3 is 2.25 bits per heavy atom. The van der Waals surface area contributed by atoms with Crippen LogP contribution in [0.5, 0.6) is 0 Å². The summed E-state index contributed by atoms with van der Waals surface area (Å²) in [5.41, 5.74) is -2.62. The molecule has 1 saturated heterocycles. The molecule has 0 bridgehead atoms. The molecule has 0 spiro atoms. The van der Waals surface area contributed by atoms with Gasteiger partial charge in [0.25, 0.3) is 0 Å². The molecule has 2 nitrogen and oxygen atoms in total. The molecule has 1 aromatic carbocycles. The van der Waals surface area contributed by atoms with Gasteiger partial charge in [-0.15, -0.1) is 0 Å². The van der Waals surface area contributed by atoms with Crippen LogP contribution in [0.3, 0.4) is 0 Å². The van der Waals surface area contributed by atoms with Gasteiger partial charge in [-0.25, -0.2) is 0 Å². The van der Waals surface area contributed by atoms with Crippen LogP contribution in [0.4, 0.5) is 26.3 Å². The minimum absolute atomic E-state index is 0.0929. The Morgan fingerprint density at radius 2 is 1.75 bits per heavy atom. The summed E-state index contributed by atoms with van der Waals surface area (Å²) in [6.45, 7) is 0.513. The number of hydrogen-bond acceptors (Lipinski definition) is 2. The molecule has 1 N–H and O–H groups in total. The number of nitrogens with one attached hydrogen (secondary N) is 1. The Morgan fingerprint density at radius 1 is 1.05 bits per heavy atom. The molecular formula is C12H11F6NO. The quantitative estimate of drug-likeness (QED) is 0.803. The number of alkyl halides is 6. The molecule has 20 heavy (non-hydrogen) atoms. The number of halogens is 6. The van der Waals surface area contributed by atoms with E-state index in [-0.39, 0.29) is 13.2 Å². The van der Waals surface area contributed by atoms with E-state index < -0.39 is 35.1 Å². The van der Waals surface area contributed by atoms with E-state index in [9.17, 15) is 26.3 Å². The number of morpholine rings is 1. The summed E-state index contributed by atoms with van der Waals surface area (Å²) in [5.74, 6) is 0. The Hall–Kier alpha value is -1.28. The standard InChI is InChI=1S/C12H11F6NO/c13-11(14,15)7-1-2-9(12(16,17)18)8(5-7)10-6-20-4-3-19-10/h1-2,5,10,19H,3-4,6H2/t10-/m0/s1. The van der Waals surface area contributed by atoms with Gasteiger partial charge in [0, 0.05) is 6.54 Å². The van der Waals surface area contributed by atoms with Crippen molar-refractivity contribution >= 4 is 0 Å². The summed E-state index contributed by atoms with van der Waals surface area (Å²) in [4.78, 5) is 0. The monoisotopic (exact) mass is 299 g/mol. The lowest BCUT2D eigenvalue weighted by atomic mass is 9.96. The van der Waals surface area contributed by atoms with Crippen LogP contribution in [0.25, 0.3) is 0 Å². The van der Waals surface area contributed by atoms with Crippen molar-refractivity contribution in [3.05, 3.63) is 34.9 Å². The van der Waals surface area contributed by atoms with E-state index in [1.165, 1.54) is 0 Å². The molecule has 1 aliphatic rings. The lowest BCUT2D eigenvalue weighted by molar-refractivity contribution is -0.142. The maximum atomic E-state index is 12.9. The van der Waals surface area contributed by atoms with Crippen LogP contribution in [0.2, 0.25) is 0 Å². The van der Waals surface area contributed by atoms with Crippen LogP contribution in [0, 0.1) is 0 Å². The molecule has 0 saturated carbocycles. The van der Waals surface area contributed by atoms with Crippen LogP contribution < -0.4 is 5.32 Å². The average molecular weight is 299 g/mol. The predicted molar refractivity (Wildman–Crippen MR) is 58.0 cm³/mol. The molecule has 1 aliphatic heterocycles. The van der Waals surface area contributed by atoms with E-state index in [0.717, 1.165) is 0 Å². The van der Waals surface area contributed by atoms with E-state index >= 15 is 0 Å². The van der Waals surface area contributed by atoms with E-state index in [1.807, 2.05) is 0 Å². The van der Waals surface area contributed by atoms with Crippen molar-refractivity contribution in [3.8, 4) is 0 Å². The molecule has 2 rings (SSSR count). The molecule has 112 valence electrons. The van der Waals surface area contributed by atoms with Gasteiger partial charge in [-0.3, -0.25) is 0 Å². The van der Waals surface area contributed by atoms with Crippen molar-refractivity contribution in [2.45, 2.75) is 18.4 Å². The lowest BCUT2D eigenvalue weighted by Crippen LogP contribution is -2.36. The summed E-state index contributed by atoms with van der Waals surface area (Å²) >= 11 is 0. The lowest BCUT2D eigenvalue weighted by Gasteiger charge is -2.27. The van der Waals surface area contributed by atoms with Gasteiger partial charge in [-0.1, -0.05) is 0 Å². The fourth-order valence-electron chi connectivity index (χ4n) is 2.05. The first-order chi connectivity index (χ1) is 9.19. The number of rotatable bonds is 1. The van der Waals surface area contributed by atoms with Crippen LogP contribution in [0.15, 0.2) is 18.2 Å². The van der Waals surface area contributed by atoms with Gasteiger partial charge in [0.2, 0.25) is 0 Å². The van der Waals surface area contributed by atoms with E-state index in [0.29, 0.717) is 24.8 Å². The fraction of sp³-hybridized carbons (Fsp3) is 0.500. The van der Waals surface area contributed by atoms with Crippen molar-refractivity contribution in [3.63, 3.8) is 0 Å². The van der Waals surface area contributed by atoms with Crippen LogP contribution >= 0.6 is 0 Å². The maximum Gasteiger partial charge on any atom is 0.416 e. The smallest absolute Gasteiger partial charge is 0.378 e. The molecule has 0 aromatic heterocycles. The second-order valence-electron chi connectivity index (χ2n) is 4.38. The minimum atomic E-state index is -4.71. The average Bonchev–Trinajstić information content (AvgIpc) is 2.37. The van der Waals surface area contributed by atoms with Gasteiger partial charge in [-0.2, -0.15) is 26.3 Å². The van der Waals surface area contributed by atoms with Crippen LogP contribution in [-0.2, 0) is 17.1 Å². The van der Waals surface area contributed by atoms with Crippen molar-refractivity contribution < 1.29 is 31.1 Å². The number of hydrogen-bond donors (Lipinski definition) is 1. The van der Waals surface area contributed by atoms with Crippen molar-refractivity contribution in [1.82, 2.24) is 5.32 Å². The van der Waals surface area contributed by atoms with Gasteiger partial charge < -0.3 is 10.1 Å². The molecule has 1 fully saturated rings. The molecule has 0 amide bonds. The van der Waals surface area contributed by atoms with Gasteiger partial charge >= 0.3 is 12.4 Å². The highest BCUT2D eigenvalue weighted by atomic mass is 19.4. The summed E-state index contributed by atoms with van der Waals surface area (Å²) < 4.78 is 81.6. The fourth-order valence-corrected chi connectivity index (χ4v) is 2.05. The summed E-state index contributed by atoms with van der Waals surface area (Å²) in [7, 11) is 0. The van der Waals surface area contributed by atoms with Crippen LogP contribution in [0.1, 0.15) is 22.7 Å². The SMILES string of the molecule is FC(F)(F)c1ccc(C(F)(F)F)c([C@@H]2COCCN2)c1. The molecule has 1 heterocycles. The third-order valence-corrected chi connectivity index (χ3v) is 2.98. The van der Waals surface area contributed by atoms with Crippen molar-refractivity contribution in [1.29, 1.82) is 0 Å². The Balaban J connectivity index is 2.48. The topological polar surface area (TPSA) is 21.3 Å². The normalized spacial score (nSPS) is 21.0. The molecule has 0 aliphatic carbocycles. The molecule has 0 radical (unpaired) electrons. The molecule has 1 aromatic rings.